The van der Waals surface area contributed by atoms with Gasteiger partial charge >= 0.3 is 0 Å². The van der Waals surface area contributed by atoms with Crippen LogP contribution in [0.15, 0.2) is 30.6 Å². The second-order valence-corrected chi connectivity index (χ2v) is 2.41. The molecule has 0 unspecified atom stereocenters. The van der Waals surface area contributed by atoms with Gasteiger partial charge in [-0.15, -0.1) is 0 Å². The maximum Gasteiger partial charge on any atom is 0.0649 e. The van der Waals surface area contributed by atoms with Gasteiger partial charge in [-0.3, -0.25) is 0 Å². The lowest BCUT2D eigenvalue weighted by Gasteiger charge is -1.87. The van der Waals surface area contributed by atoms with Crippen molar-refractivity contribution in [2.75, 3.05) is 0 Å². The zero-order chi connectivity index (χ0) is 8.97. The molecule has 2 heterocycles. The third-order valence-electron chi connectivity index (χ3n) is 1.51. The Bertz CT molecular complexity index is 316. The highest BCUT2D eigenvalue weighted by molar-refractivity contribution is 5.48. The van der Waals surface area contributed by atoms with Gasteiger partial charge in [-0.1, -0.05) is 13.8 Å². The topological polar surface area (TPSA) is 17.3 Å². The molecule has 0 fully saturated rings. The van der Waals surface area contributed by atoms with E-state index in [9.17, 15) is 0 Å². The van der Waals surface area contributed by atoms with E-state index in [0.29, 0.717) is 0 Å². The number of aryl methyl sites for hydroxylation is 1. The van der Waals surface area contributed by atoms with Crippen LogP contribution in [-0.2, 0) is 0 Å². The molecule has 2 aromatic heterocycles. The van der Waals surface area contributed by atoms with Crippen molar-refractivity contribution in [3.8, 4) is 0 Å². The van der Waals surface area contributed by atoms with Crippen molar-refractivity contribution in [3.05, 3.63) is 36.2 Å². The molecule has 0 aromatic carbocycles. The Kier molecular flexibility index (Phi) is 2.86. The Hall–Kier alpha value is -1.31. The van der Waals surface area contributed by atoms with Crippen LogP contribution in [0, 0.1) is 6.92 Å². The van der Waals surface area contributed by atoms with Gasteiger partial charge in [0.05, 0.1) is 5.52 Å². The second kappa shape index (κ2) is 3.90. The van der Waals surface area contributed by atoms with Crippen LogP contribution < -0.4 is 0 Å². The molecule has 0 atom stereocenters. The van der Waals surface area contributed by atoms with Gasteiger partial charge < -0.3 is 0 Å². The van der Waals surface area contributed by atoms with Gasteiger partial charge in [0.15, 0.2) is 0 Å². The Labute approximate surface area is 72.8 Å². The highest BCUT2D eigenvalue weighted by atomic mass is 15.2. The molecular weight excluding hydrogens is 148 g/mol. The fourth-order valence-electron chi connectivity index (χ4n) is 1.08. The minimum Gasteiger partial charge on any atom is -0.241 e. The van der Waals surface area contributed by atoms with Crippen LogP contribution in [0.25, 0.3) is 5.52 Å². The molecule has 2 nitrogen and oxygen atoms in total. The minimum atomic E-state index is 1.15. The van der Waals surface area contributed by atoms with E-state index in [1.807, 2.05) is 36.7 Å². The highest BCUT2D eigenvalue weighted by Crippen LogP contribution is 2.05. The Morgan fingerprint density at radius 1 is 1.33 bits per heavy atom. The van der Waals surface area contributed by atoms with Crippen molar-refractivity contribution in [1.29, 1.82) is 0 Å². The summed E-state index contributed by atoms with van der Waals surface area (Å²) in [4.78, 5) is 0. The fourth-order valence-corrected chi connectivity index (χ4v) is 1.08. The summed E-state index contributed by atoms with van der Waals surface area (Å²) < 4.78 is 1.87. The first-order valence-electron chi connectivity index (χ1n) is 4.26. The van der Waals surface area contributed by atoms with Crippen LogP contribution in [0.5, 0.6) is 0 Å². The molecule has 0 N–H and O–H groups in total. The van der Waals surface area contributed by atoms with E-state index >= 15 is 0 Å². The molecule has 2 aromatic rings. The van der Waals surface area contributed by atoms with E-state index in [-0.39, 0.29) is 0 Å². The normalized spacial score (nSPS) is 9.25. The Morgan fingerprint density at radius 3 is 2.75 bits per heavy atom. The number of nitrogens with zero attached hydrogens (tertiary/aromatic N) is 2. The molecule has 0 aliphatic carbocycles. The summed E-state index contributed by atoms with van der Waals surface area (Å²) >= 11 is 0. The van der Waals surface area contributed by atoms with E-state index in [1.165, 1.54) is 5.56 Å². The number of aromatic nitrogens is 2. The van der Waals surface area contributed by atoms with E-state index in [4.69, 9.17) is 0 Å². The predicted molar refractivity (Wildman–Crippen MR) is 51.3 cm³/mol. The van der Waals surface area contributed by atoms with Gasteiger partial charge in [0.1, 0.15) is 0 Å². The summed E-state index contributed by atoms with van der Waals surface area (Å²) in [5.41, 5.74) is 2.40. The Morgan fingerprint density at radius 2 is 2.08 bits per heavy atom. The fraction of sp³-hybridized carbons (Fsp3) is 0.300. The van der Waals surface area contributed by atoms with Crippen LogP contribution in [0.2, 0.25) is 0 Å². The Balaban J connectivity index is 0.000000336. The summed E-state index contributed by atoms with van der Waals surface area (Å²) in [5, 5.41) is 4.12. The number of hydrogen-bond acceptors (Lipinski definition) is 1. The SMILES string of the molecule is CC.Cc1cc2cccnn2c1. The molecule has 0 saturated heterocycles. The first-order chi connectivity index (χ1) is 5.86. The number of hydrogen-bond donors (Lipinski definition) is 0. The first kappa shape index (κ1) is 8.78. The molecule has 0 radical (unpaired) electrons. The molecule has 0 bridgehead atoms. The van der Waals surface area contributed by atoms with Crippen molar-refractivity contribution in [2.24, 2.45) is 0 Å². The van der Waals surface area contributed by atoms with Gasteiger partial charge in [-0.05, 0) is 30.7 Å². The molecule has 0 amide bonds. The van der Waals surface area contributed by atoms with Crippen LogP contribution in [0.4, 0.5) is 0 Å². The van der Waals surface area contributed by atoms with E-state index in [1.54, 1.807) is 6.20 Å². The quantitative estimate of drug-likeness (QED) is 0.582. The molecule has 0 saturated carbocycles. The molecule has 12 heavy (non-hydrogen) atoms. The van der Waals surface area contributed by atoms with Gasteiger partial charge in [-0.2, -0.15) is 5.10 Å². The average Bonchev–Trinajstić information content (AvgIpc) is 2.48. The monoisotopic (exact) mass is 162 g/mol. The van der Waals surface area contributed by atoms with Gasteiger partial charge in [0.2, 0.25) is 0 Å². The van der Waals surface area contributed by atoms with Gasteiger partial charge in [-0.25, -0.2) is 4.52 Å². The molecule has 0 aliphatic heterocycles. The molecule has 2 rings (SSSR count). The number of fused-ring (bicyclic) bond motifs is 1. The summed E-state index contributed by atoms with van der Waals surface area (Å²) in [6.07, 6.45) is 3.79. The summed E-state index contributed by atoms with van der Waals surface area (Å²) in [6.45, 7) is 6.06. The first-order valence-corrected chi connectivity index (χ1v) is 4.26. The van der Waals surface area contributed by atoms with Gasteiger partial charge in [0.25, 0.3) is 0 Å². The van der Waals surface area contributed by atoms with Gasteiger partial charge in [0, 0.05) is 12.4 Å². The van der Waals surface area contributed by atoms with Crippen LogP contribution >= 0.6 is 0 Å². The van der Waals surface area contributed by atoms with Crippen molar-refractivity contribution in [2.45, 2.75) is 20.8 Å². The van der Waals surface area contributed by atoms with E-state index in [2.05, 4.69) is 18.1 Å². The highest BCUT2D eigenvalue weighted by Gasteiger charge is 1.91. The van der Waals surface area contributed by atoms with Crippen molar-refractivity contribution in [3.63, 3.8) is 0 Å². The zero-order valence-corrected chi connectivity index (χ0v) is 7.78. The van der Waals surface area contributed by atoms with E-state index in [0.717, 1.165) is 5.52 Å². The van der Waals surface area contributed by atoms with Crippen LogP contribution in [0.3, 0.4) is 0 Å². The third kappa shape index (κ3) is 1.64. The van der Waals surface area contributed by atoms with Crippen molar-refractivity contribution >= 4 is 5.52 Å². The average molecular weight is 162 g/mol. The summed E-state index contributed by atoms with van der Waals surface area (Å²) in [7, 11) is 0. The molecule has 0 aliphatic rings. The van der Waals surface area contributed by atoms with Crippen molar-refractivity contribution in [1.82, 2.24) is 9.61 Å². The summed E-state index contributed by atoms with van der Waals surface area (Å²) in [5.74, 6) is 0. The smallest absolute Gasteiger partial charge is 0.0649 e. The maximum absolute atomic E-state index is 4.12. The largest absolute Gasteiger partial charge is 0.241 e. The maximum atomic E-state index is 4.12. The predicted octanol–water partition coefficient (Wildman–Crippen LogP) is 2.67. The third-order valence-corrected chi connectivity index (χ3v) is 1.51. The minimum absolute atomic E-state index is 1.15. The van der Waals surface area contributed by atoms with Crippen molar-refractivity contribution < 1.29 is 0 Å². The molecular formula is C10H14N2. The standard InChI is InChI=1S/C8H8N2.C2H6/c1-7-5-8-3-2-4-9-10(8)6-7;1-2/h2-6H,1H3;1-2H3. The lowest BCUT2D eigenvalue weighted by Crippen LogP contribution is -1.84. The second-order valence-electron chi connectivity index (χ2n) is 2.41. The van der Waals surface area contributed by atoms with Crippen LogP contribution in [0.1, 0.15) is 19.4 Å². The zero-order valence-electron chi connectivity index (χ0n) is 7.78. The van der Waals surface area contributed by atoms with E-state index < -0.39 is 0 Å². The molecule has 2 heteroatoms. The lowest BCUT2D eigenvalue weighted by molar-refractivity contribution is 0.938. The van der Waals surface area contributed by atoms with Crippen LogP contribution in [-0.4, -0.2) is 9.61 Å². The molecule has 0 spiro atoms. The summed E-state index contributed by atoms with van der Waals surface area (Å²) in [6, 6.07) is 6.09. The lowest BCUT2D eigenvalue weighted by atomic mass is 10.4. The number of rotatable bonds is 0. The molecule has 64 valence electrons.